The minimum atomic E-state index is -0.782. The first-order chi connectivity index (χ1) is 12.4. The Morgan fingerprint density at radius 2 is 2.12 bits per heavy atom. The van der Waals surface area contributed by atoms with Crippen molar-refractivity contribution in [3.63, 3.8) is 0 Å². The molecular weight excluding hydrogens is 372 g/mol. The molecule has 1 aliphatic heterocycles. The van der Waals surface area contributed by atoms with E-state index in [0.717, 1.165) is 0 Å². The third-order valence-electron chi connectivity index (χ3n) is 3.71. The zero-order valence-corrected chi connectivity index (χ0v) is 15.8. The number of amides is 2. The molecule has 0 radical (unpaired) electrons. The SMILES string of the molecule is CC1(C)SC(=S)N(N=Cc2ccco2)[C@H]1N(O)C(=O)Nc1ccccc1. The van der Waals surface area contributed by atoms with E-state index in [0.29, 0.717) is 20.8 Å². The quantitative estimate of drug-likeness (QED) is 0.356. The molecule has 26 heavy (non-hydrogen) atoms. The molecule has 2 N–H and O–H groups in total. The van der Waals surface area contributed by atoms with Crippen LogP contribution in [0.4, 0.5) is 10.5 Å². The number of nitrogens with zero attached hydrogens (tertiary/aromatic N) is 3. The molecule has 1 aliphatic rings. The number of hydrogen-bond donors (Lipinski definition) is 2. The van der Waals surface area contributed by atoms with Crippen LogP contribution in [-0.2, 0) is 0 Å². The van der Waals surface area contributed by atoms with Gasteiger partial charge in [-0.3, -0.25) is 5.21 Å². The van der Waals surface area contributed by atoms with E-state index in [2.05, 4.69) is 10.4 Å². The van der Waals surface area contributed by atoms with Crippen molar-refractivity contribution >= 4 is 46.2 Å². The third-order valence-corrected chi connectivity index (χ3v) is 5.24. The average molecular weight is 390 g/mol. The number of carbonyl (C=O) groups is 1. The van der Waals surface area contributed by atoms with E-state index < -0.39 is 16.9 Å². The highest BCUT2D eigenvalue weighted by atomic mass is 32.2. The number of rotatable bonds is 4. The van der Waals surface area contributed by atoms with Gasteiger partial charge >= 0.3 is 6.03 Å². The summed E-state index contributed by atoms with van der Waals surface area (Å²) in [5.74, 6) is 0.541. The molecule has 1 saturated heterocycles. The molecule has 1 fully saturated rings. The fourth-order valence-electron chi connectivity index (χ4n) is 2.52. The van der Waals surface area contributed by atoms with Crippen LogP contribution in [0.15, 0.2) is 58.2 Å². The molecular formula is C17H18N4O3S2. The smallest absolute Gasteiger partial charge is 0.347 e. The summed E-state index contributed by atoms with van der Waals surface area (Å²) in [6.07, 6.45) is 2.24. The average Bonchev–Trinajstić information content (AvgIpc) is 3.18. The van der Waals surface area contributed by atoms with E-state index in [9.17, 15) is 10.0 Å². The zero-order chi connectivity index (χ0) is 18.7. The summed E-state index contributed by atoms with van der Waals surface area (Å²) in [5, 5.41) is 19.6. The fourth-order valence-corrected chi connectivity index (χ4v) is 4.31. The monoisotopic (exact) mass is 390 g/mol. The van der Waals surface area contributed by atoms with E-state index in [1.165, 1.54) is 29.2 Å². The number of furan rings is 1. The lowest BCUT2D eigenvalue weighted by Gasteiger charge is -2.34. The lowest BCUT2D eigenvalue weighted by atomic mass is 10.1. The summed E-state index contributed by atoms with van der Waals surface area (Å²) in [7, 11) is 0. The number of carbonyl (C=O) groups excluding carboxylic acids is 1. The summed E-state index contributed by atoms with van der Waals surface area (Å²) < 4.78 is 5.11. The van der Waals surface area contributed by atoms with E-state index >= 15 is 0 Å². The second kappa shape index (κ2) is 7.48. The van der Waals surface area contributed by atoms with Gasteiger partial charge in [0.25, 0.3) is 0 Å². The largest absolute Gasteiger partial charge is 0.463 e. The molecule has 9 heteroatoms. The molecule has 0 aliphatic carbocycles. The van der Waals surface area contributed by atoms with Crippen LogP contribution in [0.5, 0.6) is 0 Å². The van der Waals surface area contributed by atoms with Crippen LogP contribution in [0.25, 0.3) is 0 Å². The Bertz CT molecular complexity index is 809. The molecule has 0 saturated carbocycles. The molecule has 136 valence electrons. The van der Waals surface area contributed by atoms with Crippen LogP contribution >= 0.6 is 24.0 Å². The first-order valence-electron chi connectivity index (χ1n) is 7.82. The van der Waals surface area contributed by atoms with Gasteiger partial charge in [0.1, 0.15) is 5.76 Å². The van der Waals surface area contributed by atoms with Gasteiger partial charge in [-0.05, 0) is 38.1 Å². The van der Waals surface area contributed by atoms with Crippen LogP contribution in [0.3, 0.4) is 0 Å². The minimum absolute atomic E-state index is 0.453. The molecule has 1 aromatic heterocycles. The van der Waals surface area contributed by atoms with Crippen molar-refractivity contribution in [2.24, 2.45) is 5.10 Å². The molecule has 0 spiro atoms. The van der Waals surface area contributed by atoms with Crippen LogP contribution in [0, 0.1) is 0 Å². The second-order valence-electron chi connectivity index (χ2n) is 6.09. The number of anilines is 1. The molecule has 0 unspecified atom stereocenters. The van der Waals surface area contributed by atoms with E-state index in [4.69, 9.17) is 16.6 Å². The summed E-state index contributed by atoms with van der Waals surface area (Å²) in [5.41, 5.74) is 0.577. The van der Waals surface area contributed by atoms with Gasteiger partial charge in [0.05, 0.1) is 17.2 Å². The van der Waals surface area contributed by atoms with Gasteiger partial charge in [0.15, 0.2) is 10.5 Å². The van der Waals surface area contributed by atoms with E-state index in [1.807, 2.05) is 19.9 Å². The fraction of sp³-hybridized carbons (Fsp3) is 0.235. The van der Waals surface area contributed by atoms with Crippen LogP contribution in [0.1, 0.15) is 19.6 Å². The highest BCUT2D eigenvalue weighted by molar-refractivity contribution is 8.24. The molecule has 2 aromatic rings. The van der Waals surface area contributed by atoms with Crippen molar-refractivity contribution in [1.29, 1.82) is 0 Å². The predicted octanol–water partition coefficient (Wildman–Crippen LogP) is 3.98. The molecule has 2 heterocycles. The van der Waals surface area contributed by atoms with Gasteiger partial charge in [-0.2, -0.15) is 10.2 Å². The highest BCUT2D eigenvalue weighted by Gasteiger charge is 2.50. The lowest BCUT2D eigenvalue weighted by Crippen LogP contribution is -2.54. The van der Waals surface area contributed by atoms with Gasteiger partial charge in [0, 0.05) is 5.69 Å². The highest BCUT2D eigenvalue weighted by Crippen LogP contribution is 2.42. The van der Waals surface area contributed by atoms with Gasteiger partial charge < -0.3 is 9.73 Å². The maximum absolute atomic E-state index is 12.5. The Morgan fingerprint density at radius 3 is 2.77 bits per heavy atom. The molecule has 2 amide bonds. The van der Waals surface area contributed by atoms with Crippen molar-refractivity contribution in [3.05, 3.63) is 54.5 Å². The third kappa shape index (κ3) is 3.90. The normalized spacial score (nSPS) is 19.1. The van der Waals surface area contributed by atoms with Crippen molar-refractivity contribution in [1.82, 2.24) is 10.1 Å². The first kappa shape index (κ1) is 18.4. The number of para-hydroxylation sites is 1. The molecule has 1 atom stereocenters. The second-order valence-corrected chi connectivity index (χ2v) is 8.38. The maximum atomic E-state index is 12.5. The van der Waals surface area contributed by atoms with Crippen molar-refractivity contribution in [3.8, 4) is 0 Å². The Balaban J connectivity index is 1.81. The van der Waals surface area contributed by atoms with Crippen LogP contribution < -0.4 is 5.32 Å². The van der Waals surface area contributed by atoms with Crippen LogP contribution in [-0.4, -0.2) is 42.8 Å². The minimum Gasteiger partial charge on any atom is -0.463 e. The number of hydrogen-bond acceptors (Lipinski definition) is 6. The van der Waals surface area contributed by atoms with Crippen LogP contribution in [0.2, 0.25) is 0 Å². The zero-order valence-electron chi connectivity index (χ0n) is 14.2. The number of nitrogens with one attached hydrogen (secondary N) is 1. The van der Waals surface area contributed by atoms with Crippen molar-refractivity contribution in [2.75, 3.05) is 5.32 Å². The molecule has 1 aromatic carbocycles. The Hall–Kier alpha value is -2.36. The summed E-state index contributed by atoms with van der Waals surface area (Å²) in [4.78, 5) is 12.5. The Morgan fingerprint density at radius 1 is 1.38 bits per heavy atom. The number of hydroxylamine groups is 2. The predicted molar refractivity (Wildman–Crippen MR) is 105 cm³/mol. The maximum Gasteiger partial charge on any atom is 0.347 e. The van der Waals surface area contributed by atoms with Gasteiger partial charge in [0.2, 0.25) is 0 Å². The molecule has 3 rings (SSSR count). The van der Waals surface area contributed by atoms with Gasteiger partial charge in [-0.25, -0.2) is 9.80 Å². The first-order valence-corrected chi connectivity index (χ1v) is 9.05. The number of urea groups is 1. The number of hydrazone groups is 1. The van der Waals surface area contributed by atoms with Crippen molar-refractivity contribution < 1.29 is 14.4 Å². The summed E-state index contributed by atoms with van der Waals surface area (Å²) in [6.45, 7) is 3.77. The summed E-state index contributed by atoms with van der Waals surface area (Å²) in [6, 6.07) is 11.7. The number of benzene rings is 1. The van der Waals surface area contributed by atoms with Gasteiger partial charge in [-0.15, -0.1) is 0 Å². The topological polar surface area (TPSA) is 81.3 Å². The molecule has 7 nitrogen and oxygen atoms in total. The van der Waals surface area contributed by atoms with E-state index in [-0.39, 0.29) is 0 Å². The Labute approximate surface area is 160 Å². The lowest BCUT2D eigenvalue weighted by molar-refractivity contribution is -0.114. The molecule has 0 bridgehead atoms. The van der Waals surface area contributed by atoms with Gasteiger partial charge in [-0.1, -0.05) is 42.2 Å². The number of thioether (sulfide) groups is 1. The van der Waals surface area contributed by atoms with Crippen molar-refractivity contribution in [2.45, 2.75) is 24.8 Å². The Kier molecular flexibility index (Phi) is 5.30. The number of thiocarbonyl (C=S) groups is 1. The van der Waals surface area contributed by atoms with E-state index in [1.54, 1.807) is 36.4 Å². The standard InChI is InChI=1S/C17H18N4O3S2/c1-17(2)14(21(23)15(22)19-12-7-4-3-5-8-12)20(16(25)26-17)18-11-13-9-6-10-24-13/h3-11,14,23H,1-2H3,(H,19,22)/t14-/m0/s1. The summed E-state index contributed by atoms with van der Waals surface area (Å²) >= 11 is 6.73.